The minimum Gasteiger partial charge on any atom is -0.492 e. The van der Waals surface area contributed by atoms with Crippen molar-refractivity contribution in [1.82, 2.24) is 25.3 Å². The Kier molecular flexibility index (Phi) is 6.40. The molecule has 2 heterocycles. The molecular formula is C22H25ClFN5O4S. The highest BCUT2D eigenvalue weighted by Gasteiger charge is 2.39. The molecule has 0 spiro atoms. The van der Waals surface area contributed by atoms with Gasteiger partial charge in [0, 0.05) is 17.9 Å². The molecule has 3 aromatic rings. The van der Waals surface area contributed by atoms with Gasteiger partial charge in [0.2, 0.25) is 10.0 Å². The van der Waals surface area contributed by atoms with Gasteiger partial charge in [-0.15, -0.1) is 10.2 Å². The summed E-state index contributed by atoms with van der Waals surface area (Å²) >= 11 is 6.29. The molecular weight excluding hydrogens is 485 g/mol. The van der Waals surface area contributed by atoms with Crippen molar-refractivity contribution in [3.63, 3.8) is 0 Å². The number of halogens is 2. The largest absolute Gasteiger partial charge is 0.492 e. The van der Waals surface area contributed by atoms with E-state index in [-0.39, 0.29) is 40.1 Å². The van der Waals surface area contributed by atoms with E-state index in [4.69, 9.17) is 16.3 Å². The van der Waals surface area contributed by atoms with Crippen LogP contribution < -0.4 is 9.46 Å². The number of aromatic nitrogens is 4. The van der Waals surface area contributed by atoms with Gasteiger partial charge in [-0.3, -0.25) is 0 Å². The van der Waals surface area contributed by atoms with Gasteiger partial charge >= 0.3 is 0 Å². The lowest BCUT2D eigenvalue weighted by atomic mass is 9.88. The number of ether oxygens (including phenoxy) is 1. The molecule has 3 atom stereocenters. The van der Waals surface area contributed by atoms with E-state index in [1.54, 1.807) is 26.8 Å². The average Bonchev–Trinajstić information content (AvgIpc) is 3.29. The Morgan fingerprint density at radius 2 is 2.03 bits per heavy atom. The predicted octanol–water partition coefficient (Wildman–Crippen LogP) is 3.42. The normalized spacial score (nSPS) is 19.9. The SMILES string of the molecule is Cc1ccc(F)c([C@@H](C)[C@H](NS(=O)(=O)c2ccc(Cl)c3c2OCCC3(C)O)c2nn[nH]n2)c1C. The summed E-state index contributed by atoms with van der Waals surface area (Å²) in [6.45, 7) is 6.98. The Balaban J connectivity index is 1.81. The number of hydrogen-bond donors (Lipinski definition) is 3. The molecule has 3 N–H and O–H groups in total. The molecule has 0 aliphatic carbocycles. The second-order valence-electron chi connectivity index (χ2n) is 8.68. The Labute approximate surface area is 201 Å². The molecule has 182 valence electrons. The van der Waals surface area contributed by atoms with Gasteiger partial charge in [0.05, 0.1) is 23.3 Å². The molecule has 2 aromatic carbocycles. The number of aliphatic hydroxyl groups is 1. The van der Waals surface area contributed by atoms with Crippen molar-refractivity contribution >= 4 is 21.6 Å². The summed E-state index contributed by atoms with van der Waals surface area (Å²) in [6, 6.07) is 4.66. The third-order valence-electron chi connectivity index (χ3n) is 6.34. The lowest BCUT2D eigenvalue weighted by Crippen LogP contribution is -2.35. The molecule has 4 rings (SSSR count). The van der Waals surface area contributed by atoms with Crippen LogP contribution in [0, 0.1) is 19.7 Å². The first-order valence-corrected chi connectivity index (χ1v) is 12.5. The van der Waals surface area contributed by atoms with Crippen LogP contribution >= 0.6 is 11.6 Å². The number of aryl methyl sites for hydroxylation is 1. The Morgan fingerprint density at radius 3 is 2.71 bits per heavy atom. The van der Waals surface area contributed by atoms with E-state index >= 15 is 0 Å². The first-order chi connectivity index (χ1) is 15.9. The Hall–Kier alpha value is -2.60. The zero-order chi connectivity index (χ0) is 24.8. The van der Waals surface area contributed by atoms with E-state index in [0.29, 0.717) is 11.1 Å². The molecule has 0 amide bonds. The second-order valence-corrected chi connectivity index (χ2v) is 10.8. The fourth-order valence-corrected chi connectivity index (χ4v) is 6.09. The number of rotatable bonds is 6. The number of H-pyrrole nitrogens is 1. The van der Waals surface area contributed by atoms with Crippen LogP contribution in [0.25, 0.3) is 0 Å². The highest BCUT2D eigenvalue weighted by molar-refractivity contribution is 7.89. The van der Waals surface area contributed by atoms with Crippen molar-refractivity contribution < 1.29 is 22.7 Å². The summed E-state index contributed by atoms with van der Waals surface area (Å²) in [5.74, 6) is -1.13. The van der Waals surface area contributed by atoms with Gasteiger partial charge < -0.3 is 9.84 Å². The van der Waals surface area contributed by atoms with Gasteiger partial charge in [0.15, 0.2) is 5.82 Å². The molecule has 9 nitrogen and oxygen atoms in total. The molecule has 12 heteroatoms. The fraction of sp³-hybridized carbons (Fsp3) is 0.409. The molecule has 0 radical (unpaired) electrons. The van der Waals surface area contributed by atoms with Crippen LogP contribution in [0.1, 0.15) is 60.3 Å². The van der Waals surface area contributed by atoms with Crippen molar-refractivity contribution in [2.24, 2.45) is 0 Å². The zero-order valence-electron chi connectivity index (χ0n) is 19.1. The lowest BCUT2D eigenvalue weighted by molar-refractivity contribution is 0.0135. The van der Waals surface area contributed by atoms with Crippen LogP contribution in [0.4, 0.5) is 4.39 Å². The highest BCUT2D eigenvalue weighted by atomic mass is 35.5. The molecule has 1 aliphatic heterocycles. The minimum atomic E-state index is -4.27. The summed E-state index contributed by atoms with van der Waals surface area (Å²) in [6.07, 6.45) is 0.255. The van der Waals surface area contributed by atoms with Gasteiger partial charge in [0.1, 0.15) is 16.5 Å². The van der Waals surface area contributed by atoms with Gasteiger partial charge in [-0.1, -0.05) is 29.8 Å². The first-order valence-electron chi connectivity index (χ1n) is 10.6. The number of tetrazole rings is 1. The second kappa shape index (κ2) is 8.88. The molecule has 0 fully saturated rings. The number of sulfonamides is 1. The molecule has 1 aliphatic rings. The van der Waals surface area contributed by atoms with Crippen molar-refractivity contribution in [3.8, 4) is 5.75 Å². The molecule has 0 saturated heterocycles. The Bertz CT molecular complexity index is 1330. The summed E-state index contributed by atoms with van der Waals surface area (Å²) in [7, 11) is -4.27. The number of benzene rings is 2. The van der Waals surface area contributed by atoms with E-state index in [1.807, 2.05) is 6.92 Å². The maximum Gasteiger partial charge on any atom is 0.244 e. The van der Waals surface area contributed by atoms with E-state index in [1.165, 1.54) is 18.2 Å². The van der Waals surface area contributed by atoms with Crippen LogP contribution in [0.3, 0.4) is 0 Å². The van der Waals surface area contributed by atoms with E-state index in [2.05, 4.69) is 25.3 Å². The maximum absolute atomic E-state index is 14.9. The number of fused-ring (bicyclic) bond motifs is 1. The van der Waals surface area contributed by atoms with Gasteiger partial charge in [-0.25, -0.2) is 12.8 Å². The van der Waals surface area contributed by atoms with Crippen molar-refractivity contribution in [2.75, 3.05) is 6.61 Å². The topological polar surface area (TPSA) is 130 Å². The van der Waals surface area contributed by atoms with Crippen LogP contribution in [-0.4, -0.2) is 40.8 Å². The van der Waals surface area contributed by atoms with E-state index in [9.17, 15) is 17.9 Å². The molecule has 1 aromatic heterocycles. The average molecular weight is 510 g/mol. The lowest BCUT2D eigenvalue weighted by Gasteiger charge is -2.33. The number of aromatic amines is 1. The first kappa shape index (κ1) is 24.5. The maximum atomic E-state index is 14.9. The van der Waals surface area contributed by atoms with Crippen molar-refractivity contribution in [2.45, 2.75) is 56.6 Å². The van der Waals surface area contributed by atoms with Crippen molar-refractivity contribution in [1.29, 1.82) is 0 Å². The highest BCUT2D eigenvalue weighted by Crippen LogP contribution is 2.45. The minimum absolute atomic E-state index is 0.0197. The van der Waals surface area contributed by atoms with Crippen LogP contribution in [0.15, 0.2) is 29.2 Å². The molecule has 34 heavy (non-hydrogen) atoms. The van der Waals surface area contributed by atoms with Crippen molar-refractivity contribution in [3.05, 3.63) is 63.2 Å². The van der Waals surface area contributed by atoms with Gasteiger partial charge in [0.25, 0.3) is 0 Å². The summed E-state index contributed by atoms with van der Waals surface area (Å²) in [5, 5.41) is 24.8. The van der Waals surface area contributed by atoms with Gasteiger partial charge in [-0.05, 0) is 55.7 Å². The predicted molar refractivity (Wildman–Crippen MR) is 123 cm³/mol. The molecule has 1 unspecified atom stereocenters. The third-order valence-corrected chi connectivity index (χ3v) is 8.12. The molecule has 0 saturated carbocycles. The number of hydrogen-bond acceptors (Lipinski definition) is 7. The van der Waals surface area contributed by atoms with Crippen LogP contribution in [0.2, 0.25) is 5.02 Å². The quantitative estimate of drug-likeness (QED) is 0.464. The Morgan fingerprint density at radius 1 is 1.29 bits per heavy atom. The number of nitrogens with zero attached hydrogens (tertiary/aromatic N) is 3. The monoisotopic (exact) mass is 509 g/mol. The third kappa shape index (κ3) is 4.28. The summed E-state index contributed by atoms with van der Waals surface area (Å²) in [5.41, 5.74) is 0.741. The van der Waals surface area contributed by atoms with Crippen LogP contribution in [-0.2, 0) is 15.6 Å². The van der Waals surface area contributed by atoms with Crippen LogP contribution in [0.5, 0.6) is 5.75 Å². The smallest absolute Gasteiger partial charge is 0.244 e. The zero-order valence-corrected chi connectivity index (χ0v) is 20.6. The molecule has 0 bridgehead atoms. The van der Waals surface area contributed by atoms with E-state index in [0.717, 1.165) is 5.56 Å². The van der Waals surface area contributed by atoms with Gasteiger partial charge in [-0.2, -0.15) is 9.94 Å². The summed E-state index contributed by atoms with van der Waals surface area (Å²) < 4.78 is 50.4. The number of nitrogens with one attached hydrogen (secondary N) is 2. The fourth-order valence-electron chi connectivity index (χ4n) is 4.31. The standard InChI is InChI=1S/C22H25ClFN5O4S/c1-11-5-7-15(24)17(12(11)2)13(3)19(21-25-28-29-26-21)27-34(31,32)16-8-6-14(23)18-20(16)33-10-9-22(18,4)30/h5-8,13,19,27,30H,9-10H2,1-4H3,(H,25,26,28,29)/t13-,19+,22?/m1/s1. The summed E-state index contributed by atoms with van der Waals surface area (Å²) in [4.78, 5) is -0.200. The van der Waals surface area contributed by atoms with E-state index < -0.39 is 33.4 Å².